The topological polar surface area (TPSA) is 75.6 Å². The SMILES string of the molecule is CCOc1ccc(Cc2cc(C34OCC(CO)(O3)C(OCc3ccccc3)C(OCc3ccccc3)C4OCc3ccccc3)ccc2Cl)cc1. The van der Waals surface area contributed by atoms with Crippen molar-refractivity contribution in [2.45, 2.75) is 62.9 Å². The van der Waals surface area contributed by atoms with Crippen LogP contribution in [0.15, 0.2) is 133 Å². The van der Waals surface area contributed by atoms with E-state index in [9.17, 15) is 5.11 Å². The Hall–Kier alpha value is -4.05. The van der Waals surface area contributed by atoms with Gasteiger partial charge in [0.15, 0.2) is 0 Å². The van der Waals surface area contributed by atoms with Crippen molar-refractivity contribution in [1.29, 1.82) is 0 Å². The monoisotopic (exact) mass is 706 g/mol. The van der Waals surface area contributed by atoms with Crippen LogP contribution < -0.4 is 4.74 Å². The van der Waals surface area contributed by atoms with Crippen LogP contribution in [-0.4, -0.2) is 48.8 Å². The van der Waals surface area contributed by atoms with Gasteiger partial charge in [0.1, 0.15) is 29.7 Å². The lowest BCUT2D eigenvalue weighted by Crippen LogP contribution is -2.67. The Labute approximate surface area is 304 Å². The van der Waals surface area contributed by atoms with Crippen molar-refractivity contribution in [2.24, 2.45) is 0 Å². The van der Waals surface area contributed by atoms with Crippen molar-refractivity contribution in [2.75, 3.05) is 19.8 Å². The summed E-state index contributed by atoms with van der Waals surface area (Å²) in [6, 6.07) is 43.7. The molecule has 5 atom stereocenters. The fourth-order valence-electron chi connectivity index (χ4n) is 6.95. The predicted octanol–water partition coefficient (Wildman–Crippen LogP) is 8.03. The van der Waals surface area contributed by atoms with Gasteiger partial charge in [-0.2, -0.15) is 0 Å². The van der Waals surface area contributed by atoms with E-state index >= 15 is 0 Å². The molecular weight excluding hydrogens is 664 g/mol. The number of hydrogen-bond donors (Lipinski definition) is 1. The number of aliphatic hydroxyl groups excluding tert-OH is 1. The maximum Gasteiger partial charge on any atom is 0.225 e. The molecule has 0 saturated carbocycles. The average Bonchev–Trinajstić information content (AvgIpc) is 3.54. The summed E-state index contributed by atoms with van der Waals surface area (Å²) in [5.41, 5.74) is 4.42. The smallest absolute Gasteiger partial charge is 0.225 e. The molecule has 0 radical (unpaired) electrons. The van der Waals surface area contributed by atoms with E-state index in [4.69, 9.17) is 40.0 Å². The van der Waals surface area contributed by atoms with Crippen LogP contribution >= 0.6 is 11.6 Å². The molecular formula is C43H43ClO7. The summed E-state index contributed by atoms with van der Waals surface area (Å²) in [6.07, 6.45) is -1.67. The van der Waals surface area contributed by atoms with Crippen LogP contribution in [0, 0.1) is 0 Å². The molecule has 2 bridgehead atoms. The van der Waals surface area contributed by atoms with Crippen molar-refractivity contribution < 1.29 is 33.5 Å². The number of aliphatic hydroxyl groups is 1. The highest BCUT2D eigenvalue weighted by Gasteiger charge is 2.69. The second kappa shape index (κ2) is 16.1. The third-order valence-electron chi connectivity index (χ3n) is 9.55. The Morgan fingerprint density at radius 1 is 0.686 bits per heavy atom. The summed E-state index contributed by atoms with van der Waals surface area (Å²) in [5, 5.41) is 11.8. The molecule has 0 aromatic heterocycles. The van der Waals surface area contributed by atoms with Crippen LogP contribution in [0.25, 0.3) is 0 Å². The third-order valence-corrected chi connectivity index (χ3v) is 9.92. The summed E-state index contributed by atoms with van der Waals surface area (Å²) in [5.74, 6) is -0.622. The van der Waals surface area contributed by atoms with Crippen molar-refractivity contribution in [3.8, 4) is 5.75 Å². The fraction of sp³-hybridized carbons (Fsp3) is 0.302. The minimum atomic E-state index is -1.44. The normalized spacial score (nSPS) is 24.0. The van der Waals surface area contributed by atoms with Gasteiger partial charge >= 0.3 is 0 Å². The van der Waals surface area contributed by atoms with E-state index < -0.39 is 29.7 Å². The highest BCUT2D eigenvalue weighted by molar-refractivity contribution is 6.31. The van der Waals surface area contributed by atoms with Gasteiger partial charge in [0.25, 0.3) is 0 Å². The minimum Gasteiger partial charge on any atom is -0.494 e. The molecule has 51 heavy (non-hydrogen) atoms. The lowest BCUT2D eigenvalue weighted by molar-refractivity contribution is -0.353. The van der Waals surface area contributed by atoms with Gasteiger partial charge in [0, 0.05) is 10.6 Å². The number of fused-ring (bicyclic) bond motifs is 2. The van der Waals surface area contributed by atoms with E-state index in [1.807, 2.05) is 140 Å². The summed E-state index contributed by atoms with van der Waals surface area (Å²) in [7, 11) is 0. The first-order chi connectivity index (χ1) is 25.0. The van der Waals surface area contributed by atoms with Gasteiger partial charge in [-0.1, -0.05) is 121 Å². The Kier molecular flexibility index (Phi) is 11.2. The van der Waals surface area contributed by atoms with E-state index in [0.717, 1.165) is 39.1 Å². The van der Waals surface area contributed by atoms with E-state index in [0.29, 0.717) is 24.7 Å². The van der Waals surface area contributed by atoms with E-state index in [1.54, 1.807) is 0 Å². The molecule has 5 aromatic carbocycles. The summed E-state index contributed by atoms with van der Waals surface area (Å²) in [4.78, 5) is 0. The van der Waals surface area contributed by atoms with Crippen molar-refractivity contribution in [1.82, 2.24) is 0 Å². The van der Waals surface area contributed by atoms with Gasteiger partial charge in [-0.3, -0.25) is 0 Å². The highest BCUT2D eigenvalue weighted by Crippen LogP contribution is 2.53. The molecule has 2 fully saturated rings. The molecule has 0 aliphatic carbocycles. The number of benzene rings is 5. The maximum atomic E-state index is 11.1. The largest absolute Gasteiger partial charge is 0.494 e. The molecule has 5 aromatic rings. The quantitative estimate of drug-likeness (QED) is 0.118. The van der Waals surface area contributed by atoms with Crippen LogP contribution in [0.5, 0.6) is 5.75 Å². The van der Waals surface area contributed by atoms with Gasteiger partial charge in [-0.15, -0.1) is 0 Å². The molecule has 0 spiro atoms. The zero-order valence-corrected chi connectivity index (χ0v) is 29.4. The van der Waals surface area contributed by atoms with E-state index in [2.05, 4.69) is 0 Å². The molecule has 8 heteroatoms. The van der Waals surface area contributed by atoms with Gasteiger partial charge < -0.3 is 33.5 Å². The minimum absolute atomic E-state index is 0.0657. The first-order valence-electron chi connectivity index (χ1n) is 17.4. The van der Waals surface area contributed by atoms with Gasteiger partial charge in [0.05, 0.1) is 39.6 Å². The predicted molar refractivity (Wildman–Crippen MR) is 195 cm³/mol. The Bertz CT molecular complexity index is 1840. The fourth-order valence-corrected chi connectivity index (χ4v) is 7.13. The molecule has 264 valence electrons. The van der Waals surface area contributed by atoms with E-state index in [-0.39, 0.29) is 26.4 Å². The van der Waals surface area contributed by atoms with Crippen molar-refractivity contribution >= 4 is 11.6 Å². The molecule has 2 aliphatic heterocycles. The summed E-state index contributed by atoms with van der Waals surface area (Å²) >= 11 is 6.84. The van der Waals surface area contributed by atoms with Crippen LogP contribution in [0.4, 0.5) is 0 Å². The summed E-state index contributed by atoms with van der Waals surface area (Å²) < 4.78 is 39.9. The zero-order valence-electron chi connectivity index (χ0n) is 28.7. The first-order valence-corrected chi connectivity index (χ1v) is 17.8. The molecule has 2 saturated heterocycles. The number of hydrogen-bond acceptors (Lipinski definition) is 7. The van der Waals surface area contributed by atoms with Crippen LogP contribution in [0.2, 0.25) is 5.02 Å². The standard InChI is InChI=1S/C43H43ClO7/c1-2-46-37-21-18-31(19-22-37)24-35-25-36(20-23-38(35)44)43-41(49-28-34-16-10-5-11-17-34)39(47-26-32-12-6-3-7-13-32)40(42(29-45,51-43)30-50-43)48-27-33-14-8-4-9-15-33/h3-23,25,39-41,45H,2,24,26-30H2,1H3. The number of ether oxygens (including phenoxy) is 6. The van der Waals surface area contributed by atoms with Crippen molar-refractivity contribution in [3.05, 3.63) is 172 Å². The van der Waals surface area contributed by atoms with E-state index in [1.165, 1.54) is 0 Å². The maximum absolute atomic E-state index is 11.1. The lowest BCUT2D eigenvalue weighted by atomic mass is 9.83. The molecule has 1 N–H and O–H groups in total. The van der Waals surface area contributed by atoms with Gasteiger partial charge in [0.2, 0.25) is 5.79 Å². The Morgan fingerprint density at radius 2 is 1.25 bits per heavy atom. The molecule has 2 heterocycles. The van der Waals surface area contributed by atoms with Crippen LogP contribution in [0.3, 0.4) is 0 Å². The third kappa shape index (κ3) is 7.76. The molecule has 2 aliphatic rings. The molecule has 0 amide bonds. The first kappa shape index (κ1) is 35.4. The number of halogens is 1. The van der Waals surface area contributed by atoms with Gasteiger partial charge in [-0.25, -0.2) is 0 Å². The molecule has 5 unspecified atom stereocenters. The lowest BCUT2D eigenvalue weighted by Gasteiger charge is -2.50. The Morgan fingerprint density at radius 3 is 1.82 bits per heavy atom. The van der Waals surface area contributed by atoms with Gasteiger partial charge in [-0.05, 0) is 65.4 Å². The number of rotatable bonds is 15. The molecule has 7 rings (SSSR count). The van der Waals surface area contributed by atoms with Crippen LogP contribution in [-0.2, 0) is 55.7 Å². The highest BCUT2D eigenvalue weighted by atomic mass is 35.5. The molecule has 7 nitrogen and oxygen atoms in total. The second-order valence-electron chi connectivity index (χ2n) is 13.0. The van der Waals surface area contributed by atoms with Crippen molar-refractivity contribution in [3.63, 3.8) is 0 Å². The van der Waals surface area contributed by atoms with Crippen LogP contribution in [0.1, 0.15) is 40.3 Å². The second-order valence-corrected chi connectivity index (χ2v) is 13.4. The zero-order chi connectivity index (χ0) is 35.1. The summed E-state index contributed by atoms with van der Waals surface area (Å²) in [6.45, 7) is 3.14. The Balaban J connectivity index is 1.28. The average molecular weight is 707 g/mol.